The van der Waals surface area contributed by atoms with Crippen LogP contribution in [0.4, 0.5) is 0 Å². The predicted octanol–water partition coefficient (Wildman–Crippen LogP) is 3.23. The van der Waals surface area contributed by atoms with Crippen LogP contribution in [0, 0.1) is 6.92 Å². The summed E-state index contributed by atoms with van der Waals surface area (Å²) in [6, 6.07) is 15.7. The van der Waals surface area contributed by atoms with Crippen molar-refractivity contribution < 1.29 is 9.53 Å². The molecule has 0 fully saturated rings. The van der Waals surface area contributed by atoms with Gasteiger partial charge in [0.05, 0.1) is 25.4 Å². The van der Waals surface area contributed by atoms with E-state index in [0.29, 0.717) is 18.7 Å². The van der Waals surface area contributed by atoms with Gasteiger partial charge in [-0.05, 0) is 46.7 Å². The molecule has 0 spiro atoms. The standard InChI is InChI=1S/C24H21N7O2/c1-16-4-3-5-18-12-19(23-27-28-29-31(23)22(16)18)15-30(24(32)21-13-25-10-11-26-21)14-17-6-8-20(33-2)9-7-17/h3-13H,14-15H2,1-2H3. The second-order valence-corrected chi connectivity index (χ2v) is 7.70. The van der Waals surface area contributed by atoms with E-state index in [4.69, 9.17) is 4.74 Å². The summed E-state index contributed by atoms with van der Waals surface area (Å²) in [5, 5.41) is 13.3. The van der Waals surface area contributed by atoms with Crippen molar-refractivity contribution in [2.75, 3.05) is 7.11 Å². The Morgan fingerprint density at radius 1 is 1.09 bits per heavy atom. The van der Waals surface area contributed by atoms with Crippen molar-refractivity contribution in [2.45, 2.75) is 20.0 Å². The molecule has 3 aromatic heterocycles. The number of aryl methyl sites for hydroxylation is 1. The van der Waals surface area contributed by atoms with Gasteiger partial charge in [0, 0.05) is 29.9 Å². The number of pyridine rings is 1. The fourth-order valence-corrected chi connectivity index (χ4v) is 3.92. The van der Waals surface area contributed by atoms with Crippen LogP contribution < -0.4 is 4.74 Å². The van der Waals surface area contributed by atoms with Crippen LogP contribution in [0.5, 0.6) is 5.75 Å². The van der Waals surface area contributed by atoms with Gasteiger partial charge in [0.15, 0.2) is 5.65 Å². The van der Waals surface area contributed by atoms with E-state index in [9.17, 15) is 4.79 Å². The molecule has 5 aromatic rings. The van der Waals surface area contributed by atoms with Crippen molar-refractivity contribution in [1.82, 2.24) is 34.9 Å². The molecular formula is C24H21N7O2. The smallest absolute Gasteiger partial charge is 0.274 e. The summed E-state index contributed by atoms with van der Waals surface area (Å²) in [5.74, 6) is 0.528. The molecule has 9 nitrogen and oxygen atoms in total. The highest BCUT2D eigenvalue weighted by atomic mass is 16.5. The maximum atomic E-state index is 13.4. The van der Waals surface area contributed by atoms with Gasteiger partial charge in [-0.3, -0.25) is 9.78 Å². The van der Waals surface area contributed by atoms with E-state index in [0.717, 1.165) is 33.3 Å². The molecule has 2 aromatic carbocycles. The number of benzene rings is 2. The number of hydrogen-bond donors (Lipinski definition) is 0. The Hall–Kier alpha value is -4.40. The van der Waals surface area contributed by atoms with Crippen molar-refractivity contribution >= 4 is 22.5 Å². The fraction of sp³-hybridized carbons (Fsp3) is 0.167. The third-order valence-corrected chi connectivity index (χ3v) is 5.53. The summed E-state index contributed by atoms with van der Waals surface area (Å²) in [7, 11) is 1.62. The van der Waals surface area contributed by atoms with E-state index >= 15 is 0 Å². The van der Waals surface area contributed by atoms with E-state index in [1.54, 1.807) is 22.7 Å². The first kappa shape index (κ1) is 20.5. The Bertz CT molecular complexity index is 1430. The van der Waals surface area contributed by atoms with Gasteiger partial charge in [-0.15, -0.1) is 5.10 Å². The van der Waals surface area contributed by atoms with Crippen molar-refractivity contribution in [1.29, 1.82) is 0 Å². The highest BCUT2D eigenvalue weighted by molar-refractivity contribution is 5.92. The molecule has 0 saturated carbocycles. The second kappa shape index (κ2) is 8.62. The van der Waals surface area contributed by atoms with Gasteiger partial charge >= 0.3 is 0 Å². The lowest BCUT2D eigenvalue weighted by molar-refractivity contribution is 0.0724. The van der Waals surface area contributed by atoms with Crippen molar-refractivity contribution in [3.8, 4) is 5.75 Å². The van der Waals surface area contributed by atoms with Gasteiger partial charge in [-0.2, -0.15) is 4.52 Å². The molecule has 0 aliphatic carbocycles. The molecule has 0 atom stereocenters. The van der Waals surface area contributed by atoms with E-state index in [1.165, 1.54) is 12.4 Å². The number of carbonyl (C=O) groups excluding carboxylic acids is 1. The number of tetrazole rings is 1. The average Bonchev–Trinajstić information content (AvgIpc) is 3.34. The van der Waals surface area contributed by atoms with Gasteiger partial charge in [0.25, 0.3) is 5.91 Å². The molecule has 3 heterocycles. The van der Waals surface area contributed by atoms with Crippen molar-refractivity contribution in [2.24, 2.45) is 0 Å². The summed E-state index contributed by atoms with van der Waals surface area (Å²) in [5.41, 5.74) is 4.70. The summed E-state index contributed by atoms with van der Waals surface area (Å²) in [4.78, 5) is 23.4. The van der Waals surface area contributed by atoms with Crippen LogP contribution in [0.15, 0.2) is 67.1 Å². The van der Waals surface area contributed by atoms with Crippen LogP contribution in [-0.2, 0) is 13.1 Å². The molecule has 0 N–H and O–H groups in total. The number of rotatable bonds is 6. The van der Waals surface area contributed by atoms with Crippen LogP contribution in [0.2, 0.25) is 0 Å². The van der Waals surface area contributed by atoms with Crippen LogP contribution in [0.25, 0.3) is 16.6 Å². The summed E-state index contributed by atoms with van der Waals surface area (Å²) < 4.78 is 6.99. The molecule has 0 aliphatic rings. The number of para-hydroxylation sites is 1. The third-order valence-electron chi connectivity index (χ3n) is 5.53. The minimum absolute atomic E-state index is 0.228. The van der Waals surface area contributed by atoms with Gasteiger partial charge in [0.2, 0.25) is 0 Å². The second-order valence-electron chi connectivity index (χ2n) is 7.70. The highest BCUT2D eigenvalue weighted by Gasteiger charge is 2.21. The SMILES string of the molecule is COc1ccc(CN(Cc2cc3cccc(C)c3n3nnnc23)C(=O)c2cnccn2)cc1. The Morgan fingerprint density at radius 3 is 2.70 bits per heavy atom. The molecule has 0 unspecified atom stereocenters. The Morgan fingerprint density at radius 2 is 1.94 bits per heavy atom. The monoisotopic (exact) mass is 439 g/mol. The highest BCUT2D eigenvalue weighted by Crippen LogP contribution is 2.24. The molecular weight excluding hydrogens is 418 g/mol. The van der Waals surface area contributed by atoms with Gasteiger partial charge in [-0.1, -0.05) is 30.3 Å². The van der Waals surface area contributed by atoms with Crippen molar-refractivity contribution in [3.63, 3.8) is 0 Å². The Balaban J connectivity index is 1.57. The molecule has 5 rings (SSSR count). The minimum atomic E-state index is -0.228. The number of nitrogens with zero attached hydrogens (tertiary/aromatic N) is 7. The van der Waals surface area contributed by atoms with Gasteiger partial charge in [0.1, 0.15) is 11.4 Å². The van der Waals surface area contributed by atoms with Crippen molar-refractivity contribution in [3.05, 3.63) is 89.5 Å². The zero-order valence-electron chi connectivity index (χ0n) is 18.2. The third kappa shape index (κ3) is 3.96. The number of ether oxygens (including phenoxy) is 1. The number of carbonyl (C=O) groups is 1. The molecule has 1 amide bonds. The molecule has 0 radical (unpaired) electrons. The molecule has 33 heavy (non-hydrogen) atoms. The van der Waals surface area contributed by atoms with Crippen LogP contribution in [0.3, 0.4) is 0 Å². The number of methoxy groups -OCH3 is 1. The zero-order chi connectivity index (χ0) is 22.8. The minimum Gasteiger partial charge on any atom is -0.497 e. The molecule has 9 heteroatoms. The Kier molecular flexibility index (Phi) is 5.35. The maximum absolute atomic E-state index is 13.4. The zero-order valence-corrected chi connectivity index (χ0v) is 18.2. The van der Waals surface area contributed by atoms with E-state index < -0.39 is 0 Å². The molecule has 0 saturated heterocycles. The van der Waals surface area contributed by atoms with Gasteiger partial charge in [-0.25, -0.2) is 4.98 Å². The number of hydrogen-bond acceptors (Lipinski definition) is 7. The van der Waals surface area contributed by atoms with Crippen LogP contribution in [0.1, 0.15) is 27.2 Å². The van der Waals surface area contributed by atoms with E-state index in [1.807, 2.05) is 55.5 Å². The van der Waals surface area contributed by atoms with E-state index in [2.05, 4.69) is 25.5 Å². The quantitative estimate of drug-likeness (QED) is 0.401. The topological polar surface area (TPSA) is 98.4 Å². The normalized spacial score (nSPS) is 11.1. The first-order valence-corrected chi connectivity index (χ1v) is 10.4. The number of aromatic nitrogens is 6. The Labute approximate surface area is 189 Å². The summed E-state index contributed by atoms with van der Waals surface area (Å²) in [6.45, 7) is 2.70. The maximum Gasteiger partial charge on any atom is 0.274 e. The first-order valence-electron chi connectivity index (χ1n) is 10.4. The predicted molar refractivity (Wildman–Crippen MR) is 122 cm³/mol. The van der Waals surface area contributed by atoms with Crippen LogP contribution >= 0.6 is 0 Å². The summed E-state index contributed by atoms with van der Waals surface area (Å²) >= 11 is 0. The molecule has 0 bridgehead atoms. The largest absolute Gasteiger partial charge is 0.497 e. The number of fused-ring (bicyclic) bond motifs is 3. The molecule has 0 aliphatic heterocycles. The van der Waals surface area contributed by atoms with Crippen LogP contribution in [-0.4, -0.2) is 47.9 Å². The first-order chi connectivity index (χ1) is 16.1. The summed E-state index contributed by atoms with van der Waals surface area (Å²) in [6.07, 6.45) is 4.53. The number of amides is 1. The lowest BCUT2D eigenvalue weighted by Gasteiger charge is -2.23. The molecule has 164 valence electrons. The fourth-order valence-electron chi connectivity index (χ4n) is 3.92. The van der Waals surface area contributed by atoms with E-state index in [-0.39, 0.29) is 11.6 Å². The average molecular weight is 439 g/mol. The van der Waals surface area contributed by atoms with Gasteiger partial charge < -0.3 is 9.64 Å². The lowest BCUT2D eigenvalue weighted by atomic mass is 10.1. The lowest BCUT2D eigenvalue weighted by Crippen LogP contribution is -2.31.